The molecule has 0 bridgehead atoms. The molecule has 1 saturated carbocycles. The van der Waals surface area contributed by atoms with Crippen LogP contribution in [-0.4, -0.2) is 57.0 Å². The predicted molar refractivity (Wildman–Crippen MR) is 145 cm³/mol. The van der Waals surface area contributed by atoms with E-state index in [1.807, 2.05) is 43.6 Å². The van der Waals surface area contributed by atoms with E-state index >= 15 is 0 Å². The Labute approximate surface area is 220 Å². The molecule has 6 rings (SSSR count). The lowest BCUT2D eigenvalue weighted by Gasteiger charge is -2.35. The first-order valence-corrected chi connectivity index (χ1v) is 12.9. The number of pyridine rings is 1. The van der Waals surface area contributed by atoms with Crippen LogP contribution >= 0.6 is 0 Å². The Bertz CT molecular complexity index is 1600. The lowest BCUT2D eigenvalue weighted by atomic mass is 9.89. The summed E-state index contributed by atoms with van der Waals surface area (Å²) in [6, 6.07) is 16.6. The van der Waals surface area contributed by atoms with Crippen LogP contribution in [0.3, 0.4) is 0 Å². The molecule has 194 valence electrons. The maximum atomic E-state index is 12.8. The molecule has 4 heterocycles. The highest BCUT2D eigenvalue weighted by Gasteiger charge is 2.32. The van der Waals surface area contributed by atoms with Crippen molar-refractivity contribution < 1.29 is 14.3 Å². The molecule has 1 aliphatic rings. The number of ether oxygens (including phenoxy) is 2. The highest BCUT2D eigenvalue weighted by molar-refractivity contribution is 5.98. The molecule has 9 heteroatoms. The fourth-order valence-corrected chi connectivity index (χ4v) is 5.17. The lowest BCUT2D eigenvalue weighted by Crippen LogP contribution is -2.32. The summed E-state index contributed by atoms with van der Waals surface area (Å²) in [4.78, 5) is 24.6. The predicted octanol–water partition coefficient (Wildman–Crippen LogP) is 4.91. The van der Waals surface area contributed by atoms with Crippen molar-refractivity contribution in [1.82, 2.24) is 24.1 Å². The normalized spacial score (nSPS) is 17.0. The van der Waals surface area contributed by atoms with Crippen LogP contribution in [0.5, 0.6) is 0 Å². The molecule has 38 heavy (non-hydrogen) atoms. The number of hydrogen-bond acceptors (Lipinski definition) is 7. The van der Waals surface area contributed by atoms with Gasteiger partial charge in [-0.2, -0.15) is 9.61 Å². The third-order valence-corrected chi connectivity index (χ3v) is 7.26. The Balaban J connectivity index is 1.50. The van der Waals surface area contributed by atoms with Crippen LogP contribution in [0, 0.1) is 0 Å². The van der Waals surface area contributed by atoms with E-state index in [1.54, 1.807) is 18.5 Å². The molecular formula is C29H30N6O3. The number of nitrogens with zero attached hydrogens (tertiary/aromatic N) is 6. The molecule has 0 N–H and O–H groups in total. The lowest BCUT2D eigenvalue weighted by molar-refractivity contribution is 0.00737. The second-order valence-corrected chi connectivity index (χ2v) is 9.66. The SMILES string of the molecule is CCOC(=O)c1cnn2c(N(C)Cc3ccccc3)cc(-c3cn(C4CC(OC)C4)c4ncccc34)nc12. The van der Waals surface area contributed by atoms with E-state index in [9.17, 15) is 4.79 Å². The maximum absolute atomic E-state index is 12.8. The number of hydrogen-bond donors (Lipinski definition) is 0. The minimum atomic E-state index is -0.437. The zero-order valence-electron chi connectivity index (χ0n) is 21.7. The van der Waals surface area contributed by atoms with Crippen LogP contribution in [0.25, 0.3) is 27.9 Å². The molecule has 0 unspecified atom stereocenters. The molecule has 1 fully saturated rings. The fourth-order valence-electron chi connectivity index (χ4n) is 5.17. The highest BCUT2D eigenvalue weighted by atomic mass is 16.5. The molecule has 0 saturated heterocycles. The molecule has 1 aromatic carbocycles. The number of carbonyl (C=O) groups excluding carboxylic acids is 1. The second-order valence-electron chi connectivity index (χ2n) is 9.66. The van der Waals surface area contributed by atoms with Gasteiger partial charge in [-0.3, -0.25) is 0 Å². The summed E-state index contributed by atoms with van der Waals surface area (Å²) in [6.45, 7) is 2.73. The van der Waals surface area contributed by atoms with Gasteiger partial charge in [-0.05, 0) is 37.5 Å². The summed E-state index contributed by atoms with van der Waals surface area (Å²) in [6.07, 6.45) is 7.66. The van der Waals surface area contributed by atoms with Gasteiger partial charge in [-0.25, -0.2) is 14.8 Å². The molecule has 0 radical (unpaired) electrons. The number of benzene rings is 1. The maximum Gasteiger partial charge on any atom is 0.343 e. The number of carbonyl (C=O) groups is 1. The van der Waals surface area contributed by atoms with Crippen LogP contribution < -0.4 is 4.90 Å². The topological polar surface area (TPSA) is 86.8 Å². The van der Waals surface area contributed by atoms with E-state index in [1.165, 1.54) is 6.20 Å². The Morgan fingerprint density at radius 3 is 2.71 bits per heavy atom. The minimum Gasteiger partial charge on any atom is -0.462 e. The molecule has 1 aliphatic carbocycles. The van der Waals surface area contributed by atoms with E-state index < -0.39 is 5.97 Å². The van der Waals surface area contributed by atoms with Crippen molar-refractivity contribution in [2.75, 3.05) is 25.7 Å². The molecule has 0 atom stereocenters. The van der Waals surface area contributed by atoms with Crippen LogP contribution in [0.2, 0.25) is 0 Å². The monoisotopic (exact) mass is 510 g/mol. The van der Waals surface area contributed by atoms with E-state index in [-0.39, 0.29) is 12.7 Å². The highest BCUT2D eigenvalue weighted by Crippen LogP contribution is 2.40. The van der Waals surface area contributed by atoms with Gasteiger partial charge < -0.3 is 18.9 Å². The van der Waals surface area contributed by atoms with E-state index in [0.29, 0.717) is 23.8 Å². The van der Waals surface area contributed by atoms with E-state index in [2.05, 4.69) is 39.0 Å². The average Bonchev–Trinajstić information content (AvgIpc) is 3.51. The number of methoxy groups -OCH3 is 1. The standard InChI is InChI=1S/C29H30N6O3/c1-4-38-29(36)23-16-31-35-26(33(2)17-19-9-6-5-7-10-19)15-25(32-28(23)35)24-18-34(20-13-21(14-20)37-3)27-22(24)11-8-12-30-27/h5-12,15-16,18,20-21H,4,13-14,17H2,1-3H3. The van der Waals surface area contributed by atoms with Gasteiger partial charge in [0.2, 0.25) is 0 Å². The Morgan fingerprint density at radius 2 is 1.95 bits per heavy atom. The molecule has 4 aromatic heterocycles. The van der Waals surface area contributed by atoms with Gasteiger partial charge in [-0.1, -0.05) is 30.3 Å². The van der Waals surface area contributed by atoms with Gasteiger partial charge in [0.1, 0.15) is 17.0 Å². The van der Waals surface area contributed by atoms with Gasteiger partial charge in [-0.15, -0.1) is 0 Å². The Hall–Kier alpha value is -4.24. The van der Waals surface area contributed by atoms with Gasteiger partial charge >= 0.3 is 5.97 Å². The number of fused-ring (bicyclic) bond motifs is 2. The third kappa shape index (κ3) is 4.18. The number of esters is 1. The van der Waals surface area contributed by atoms with Crippen molar-refractivity contribution in [2.24, 2.45) is 0 Å². The van der Waals surface area contributed by atoms with Crippen molar-refractivity contribution in [3.05, 3.63) is 78.2 Å². The van der Waals surface area contributed by atoms with Crippen molar-refractivity contribution in [3.8, 4) is 11.3 Å². The fraction of sp³-hybridized carbons (Fsp3) is 0.310. The third-order valence-electron chi connectivity index (χ3n) is 7.26. The number of rotatable bonds is 8. The average molecular weight is 511 g/mol. The zero-order chi connectivity index (χ0) is 26.2. The molecular weight excluding hydrogens is 480 g/mol. The molecule has 9 nitrogen and oxygen atoms in total. The van der Waals surface area contributed by atoms with Crippen LogP contribution in [-0.2, 0) is 16.0 Å². The van der Waals surface area contributed by atoms with Crippen molar-refractivity contribution >= 4 is 28.5 Å². The first-order valence-electron chi connectivity index (χ1n) is 12.9. The van der Waals surface area contributed by atoms with Crippen LogP contribution in [0.4, 0.5) is 5.82 Å². The molecule has 0 amide bonds. The quantitative estimate of drug-likeness (QED) is 0.274. The second kappa shape index (κ2) is 9.90. The van der Waals surface area contributed by atoms with Gasteiger partial charge in [0.15, 0.2) is 5.65 Å². The van der Waals surface area contributed by atoms with Gasteiger partial charge in [0.25, 0.3) is 0 Å². The smallest absolute Gasteiger partial charge is 0.343 e. The summed E-state index contributed by atoms with van der Waals surface area (Å²) >= 11 is 0. The molecule has 0 spiro atoms. The van der Waals surface area contributed by atoms with Crippen LogP contribution in [0.15, 0.2) is 67.1 Å². The van der Waals surface area contributed by atoms with E-state index in [0.717, 1.165) is 46.5 Å². The summed E-state index contributed by atoms with van der Waals surface area (Å²) in [5.41, 5.74) is 4.59. The largest absolute Gasteiger partial charge is 0.462 e. The number of anilines is 1. The Kier molecular flexibility index (Phi) is 6.29. The summed E-state index contributed by atoms with van der Waals surface area (Å²) in [5, 5.41) is 5.55. The Morgan fingerprint density at radius 1 is 1.13 bits per heavy atom. The summed E-state index contributed by atoms with van der Waals surface area (Å²) in [7, 11) is 3.78. The van der Waals surface area contributed by atoms with Gasteiger partial charge in [0.05, 0.1) is 24.6 Å². The van der Waals surface area contributed by atoms with Crippen molar-refractivity contribution in [2.45, 2.75) is 38.5 Å². The van der Waals surface area contributed by atoms with Crippen molar-refractivity contribution in [1.29, 1.82) is 0 Å². The number of aromatic nitrogens is 5. The zero-order valence-corrected chi connectivity index (χ0v) is 21.7. The van der Waals surface area contributed by atoms with Gasteiger partial charge in [0, 0.05) is 56.2 Å². The first kappa shape index (κ1) is 24.1. The molecule has 5 aromatic rings. The minimum absolute atomic E-state index is 0.274. The summed E-state index contributed by atoms with van der Waals surface area (Å²) in [5.74, 6) is 0.380. The first-order chi connectivity index (χ1) is 18.6. The van der Waals surface area contributed by atoms with Crippen molar-refractivity contribution in [3.63, 3.8) is 0 Å². The van der Waals surface area contributed by atoms with E-state index in [4.69, 9.17) is 19.4 Å². The summed E-state index contributed by atoms with van der Waals surface area (Å²) < 4.78 is 14.8. The molecule has 0 aliphatic heterocycles. The van der Waals surface area contributed by atoms with Crippen LogP contribution in [0.1, 0.15) is 41.7 Å².